The van der Waals surface area contributed by atoms with Gasteiger partial charge in [0.1, 0.15) is 24.2 Å². The van der Waals surface area contributed by atoms with Crippen molar-refractivity contribution in [1.29, 1.82) is 0 Å². The number of hydrogen-bond donors (Lipinski definition) is 1. The lowest BCUT2D eigenvalue weighted by atomic mass is 10.1. The van der Waals surface area contributed by atoms with Crippen molar-refractivity contribution in [2.45, 2.75) is 19.1 Å². The van der Waals surface area contributed by atoms with Gasteiger partial charge in [0.2, 0.25) is 0 Å². The second kappa shape index (κ2) is 10.3. The zero-order valence-corrected chi connectivity index (χ0v) is 19.9. The quantitative estimate of drug-likeness (QED) is 0.343. The van der Waals surface area contributed by atoms with E-state index in [1.807, 2.05) is 48.5 Å². The maximum atomic E-state index is 13.2. The van der Waals surface area contributed by atoms with Gasteiger partial charge >= 0.3 is 0 Å². The molecule has 1 atom stereocenters. The standard InChI is InChI=1S/C26H25N7O3/c1-35-22-9-8-19(24(11-22)36-2)14-33-25-20(13-29-33)10-21(12-28-25)26(34)31-23(15-32-17-27-16-30-32)18-6-4-3-5-7-18/h3-13,16-17,23H,14-15H2,1-2H3,(H,31,34). The topological polar surface area (TPSA) is 109 Å². The molecule has 0 aliphatic rings. The molecule has 5 aromatic rings. The lowest BCUT2D eigenvalue weighted by Crippen LogP contribution is -2.31. The number of benzene rings is 2. The Kier molecular flexibility index (Phi) is 6.57. The summed E-state index contributed by atoms with van der Waals surface area (Å²) in [5, 5.41) is 12.5. The molecule has 3 aromatic heterocycles. The summed E-state index contributed by atoms with van der Waals surface area (Å²) in [6, 6.07) is 16.9. The Morgan fingerprint density at radius 1 is 1.03 bits per heavy atom. The van der Waals surface area contributed by atoms with Gasteiger partial charge in [-0.2, -0.15) is 10.2 Å². The zero-order valence-electron chi connectivity index (χ0n) is 19.9. The molecule has 10 nitrogen and oxygen atoms in total. The predicted octanol–water partition coefficient (Wildman–Crippen LogP) is 3.26. The largest absolute Gasteiger partial charge is 0.497 e. The second-order valence-electron chi connectivity index (χ2n) is 8.17. The van der Waals surface area contributed by atoms with Crippen LogP contribution in [0, 0.1) is 0 Å². The minimum absolute atomic E-state index is 0.233. The van der Waals surface area contributed by atoms with Gasteiger partial charge in [-0.3, -0.25) is 9.48 Å². The molecular weight excluding hydrogens is 458 g/mol. The smallest absolute Gasteiger partial charge is 0.253 e. The molecule has 182 valence electrons. The molecule has 0 aliphatic heterocycles. The number of carbonyl (C=O) groups is 1. The third-order valence-corrected chi connectivity index (χ3v) is 5.90. The predicted molar refractivity (Wildman–Crippen MR) is 133 cm³/mol. The third-order valence-electron chi connectivity index (χ3n) is 5.90. The minimum atomic E-state index is -0.290. The highest BCUT2D eigenvalue weighted by Crippen LogP contribution is 2.26. The summed E-state index contributed by atoms with van der Waals surface area (Å²) >= 11 is 0. The zero-order chi connectivity index (χ0) is 24.9. The highest BCUT2D eigenvalue weighted by atomic mass is 16.5. The van der Waals surface area contributed by atoms with Gasteiger partial charge in [-0.15, -0.1) is 0 Å². The van der Waals surface area contributed by atoms with Crippen LogP contribution in [-0.4, -0.2) is 49.7 Å². The van der Waals surface area contributed by atoms with Crippen LogP contribution in [0.2, 0.25) is 0 Å². The van der Waals surface area contributed by atoms with E-state index >= 15 is 0 Å². The lowest BCUT2D eigenvalue weighted by molar-refractivity contribution is 0.0931. The molecule has 0 fully saturated rings. The molecule has 10 heteroatoms. The third kappa shape index (κ3) is 4.88. The molecule has 0 aliphatic carbocycles. The van der Waals surface area contributed by atoms with E-state index in [0.717, 1.165) is 16.5 Å². The van der Waals surface area contributed by atoms with Crippen LogP contribution in [0.3, 0.4) is 0 Å². The van der Waals surface area contributed by atoms with E-state index in [2.05, 4.69) is 25.5 Å². The number of aromatic nitrogens is 6. The van der Waals surface area contributed by atoms with Crippen LogP contribution < -0.4 is 14.8 Å². The number of amides is 1. The fourth-order valence-electron chi connectivity index (χ4n) is 4.03. The van der Waals surface area contributed by atoms with Crippen LogP contribution >= 0.6 is 0 Å². The summed E-state index contributed by atoms with van der Waals surface area (Å²) < 4.78 is 14.3. The number of nitrogens with one attached hydrogen (secondary N) is 1. The molecule has 0 saturated carbocycles. The molecule has 0 bridgehead atoms. The number of fused-ring (bicyclic) bond motifs is 1. The van der Waals surface area contributed by atoms with Crippen LogP contribution in [0.25, 0.3) is 11.0 Å². The van der Waals surface area contributed by atoms with Gasteiger partial charge in [0, 0.05) is 23.2 Å². The molecule has 0 saturated heterocycles. The molecule has 36 heavy (non-hydrogen) atoms. The van der Waals surface area contributed by atoms with Crippen molar-refractivity contribution in [3.8, 4) is 11.5 Å². The van der Waals surface area contributed by atoms with Crippen LogP contribution in [0.4, 0.5) is 0 Å². The summed E-state index contributed by atoms with van der Waals surface area (Å²) in [5.41, 5.74) is 3.03. The first kappa shape index (κ1) is 23.0. The van der Waals surface area contributed by atoms with Crippen molar-refractivity contribution in [2.24, 2.45) is 0 Å². The Hall–Kier alpha value is -4.73. The molecule has 0 radical (unpaired) electrons. The molecule has 3 heterocycles. The van der Waals surface area contributed by atoms with Crippen molar-refractivity contribution < 1.29 is 14.3 Å². The number of nitrogens with zero attached hydrogens (tertiary/aromatic N) is 6. The molecule has 5 rings (SSSR count). The number of rotatable bonds is 9. The number of hydrogen-bond acceptors (Lipinski definition) is 7. The highest BCUT2D eigenvalue weighted by Gasteiger charge is 2.18. The van der Waals surface area contributed by atoms with Gasteiger partial charge in [0.25, 0.3) is 5.91 Å². The number of pyridine rings is 1. The van der Waals surface area contributed by atoms with Crippen LogP contribution in [0.1, 0.15) is 27.5 Å². The van der Waals surface area contributed by atoms with Gasteiger partial charge < -0.3 is 14.8 Å². The number of carbonyl (C=O) groups excluding carboxylic acids is 1. The Morgan fingerprint density at radius 3 is 2.64 bits per heavy atom. The summed E-state index contributed by atoms with van der Waals surface area (Å²) in [5.74, 6) is 1.18. The van der Waals surface area contributed by atoms with Crippen molar-refractivity contribution >= 4 is 16.9 Å². The molecule has 2 aromatic carbocycles. The Morgan fingerprint density at radius 2 is 1.89 bits per heavy atom. The maximum absolute atomic E-state index is 13.2. The Labute approximate surface area is 207 Å². The SMILES string of the molecule is COc1ccc(Cn2ncc3cc(C(=O)NC(Cn4cncn4)c4ccccc4)cnc32)c(OC)c1. The van der Waals surface area contributed by atoms with E-state index in [1.165, 1.54) is 6.33 Å². The van der Waals surface area contributed by atoms with Gasteiger partial charge in [-0.1, -0.05) is 30.3 Å². The summed E-state index contributed by atoms with van der Waals surface area (Å²) in [4.78, 5) is 21.7. The van der Waals surface area contributed by atoms with Crippen molar-refractivity contribution in [3.05, 3.63) is 96.3 Å². The average Bonchev–Trinajstić information content (AvgIpc) is 3.58. The Balaban J connectivity index is 1.37. The van der Waals surface area contributed by atoms with E-state index in [0.29, 0.717) is 35.8 Å². The number of ether oxygens (including phenoxy) is 2. The van der Waals surface area contributed by atoms with Crippen LogP contribution in [-0.2, 0) is 13.1 Å². The molecule has 1 amide bonds. The Bertz CT molecular complexity index is 1470. The first-order chi connectivity index (χ1) is 17.6. The van der Waals surface area contributed by atoms with Crippen molar-refractivity contribution in [1.82, 2.24) is 34.8 Å². The van der Waals surface area contributed by atoms with E-state index in [9.17, 15) is 4.79 Å². The summed E-state index contributed by atoms with van der Waals surface area (Å²) in [6.45, 7) is 0.913. The molecule has 1 unspecified atom stereocenters. The van der Waals surface area contributed by atoms with E-state index in [1.54, 1.807) is 48.4 Å². The fraction of sp³-hybridized carbons (Fsp3) is 0.192. The maximum Gasteiger partial charge on any atom is 0.253 e. The monoisotopic (exact) mass is 483 g/mol. The molecule has 1 N–H and O–H groups in total. The normalized spacial score (nSPS) is 11.8. The molecule has 0 spiro atoms. The number of methoxy groups -OCH3 is 2. The van der Waals surface area contributed by atoms with E-state index in [4.69, 9.17) is 9.47 Å². The van der Waals surface area contributed by atoms with Gasteiger partial charge in [0.05, 0.1) is 45.1 Å². The van der Waals surface area contributed by atoms with Gasteiger partial charge in [0.15, 0.2) is 5.65 Å². The van der Waals surface area contributed by atoms with Crippen molar-refractivity contribution in [3.63, 3.8) is 0 Å². The second-order valence-corrected chi connectivity index (χ2v) is 8.17. The van der Waals surface area contributed by atoms with Crippen LogP contribution in [0.15, 0.2) is 79.6 Å². The first-order valence-electron chi connectivity index (χ1n) is 11.4. The summed E-state index contributed by atoms with van der Waals surface area (Å²) in [7, 11) is 3.23. The van der Waals surface area contributed by atoms with E-state index < -0.39 is 0 Å². The highest BCUT2D eigenvalue weighted by molar-refractivity contribution is 5.97. The van der Waals surface area contributed by atoms with Gasteiger partial charge in [-0.25, -0.2) is 14.6 Å². The van der Waals surface area contributed by atoms with Crippen molar-refractivity contribution in [2.75, 3.05) is 14.2 Å². The molecular formula is C26H25N7O3. The fourth-order valence-corrected chi connectivity index (χ4v) is 4.03. The first-order valence-corrected chi connectivity index (χ1v) is 11.4. The summed E-state index contributed by atoms with van der Waals surface area (Å²) in [6.07, 6.45) is 6.38. The average molecular weight is 484 g/mol. The minimum Gasteiger partial charge on any atom is -0.497 e. The van der Waals surface area contributed by atoms with Gasteiger partial charge in [-0.05, 0) is 23.8 Å². The van der Waals surface area contributed by atoms with E-state index in [-0.39, 0.29) is 11.9 Å². The lowest BCUT2D eigenvalue weighted by Gasteiger charge is -2.19. The van der Waals surface area contributed by atoms with Crippen LogP contribution in [0.5, 0.6) is 11.5 Å².